The molecule has 0 aliphatic rings. The van der Waals surface area contributed by atoms with Crippen LogP contribution in [0.15, 0.2) is 0 Å². The van der Waals surface area contributed by atoms with Crippen molar-refractivity contribution in [1.29, 1.82) is 0 Å². The molecule has 0 aliphatic heterocycles. The second kappa shape index (κ2) is 5.03. The first kappa shape index (κ1) is 10.8. The number of nitrogens with zero attached hydrogens (tertiary/aromatic N) is 1. The Morgan fingerprint density at radius 3 is 1.88 bits per heavy atom. The summed E-state index contributed by atoms with van der Waals surface area (Å²) in [5.74, 6) is -1.29. The highest BCUT2D eigenvalue weighted by atomic mass is 27.0. The van der Waals surface area contributed by atoms with Crippen molar-refractivity contribution in [3.63, 3.8) is 0 Å². The smallest absolute Gasteiger partial charge is 0.322 e. The highest BCUT2D eigenvalue weighted by molar-refractivity contribution is 5.75. The molecule has 8 heavy (non-hydrogen) atoms. The van der Waals surface area contributed by atoms with Crippen LogP contribution in [0.3, 0.4) is 0 Å². The van der Waals surface area contributed by atoms with Crippen LogP contribution in [0, 0.1) is 0 Å². The Bertz CT molecular complexity index is 74.4. The van der Waals surface area contributed by atoms with Crippen molar-refractivity contribution in [2.24, 2.45) is 0 Å². The molecule has 0 unspecified atom stereocenters. The summed E-state index contributed by atoms with van der Waals surface area (Å²) in [4.78, 5) is 9.45. The molecular formula is C2H8AlNO4. The molecule has 0 saturated carbocycles. The fraction of sp³-hybridized carbons (Fsp3) is 0.500. The SMILES string of the molecule is O=C(O)CN(O)O.[AlH3]. The number of hydroxylamine groups is 2. The minimum atomic E-state index is -1.29. The molecule has 3 N–H and O–H groups in total. The number of rotatable bonds is 2. The highest BCUT2D eigenvalue weighted by Crippen LogP contribution is 1.68. The monoisotopic (exact) mass is 137 g/mol. The summed E-state index contributed by atoms with van der Waals surface area (Å²) in [5, 5.41) is 22.8. The highest BCUT2D eigenvalue weighted by Gasteiger charge is 1.98. The standard InChI is InChI=1S/C2H5NO4.Al.3H/c4-2(5)1-3(6)7;;;;/h6-7H,1H2,(H,4,5);;;;. The maximum Gasteiger partial charge on any atom is 0.322 e. The van der Waals surface area contributed by atoms with E-state index in [1.165, 1.54) is 0 Å². The van der Waals surface area contributed by atoms with Gasteiger partial charge in [0.05, 0.1) is 0 Å². The zero-order chi connectivity index (χ0) is 5.86. The molecule has 0 radical (unpaired) electrons. The van der Waals surface area contributed by atoms with E-state index in [-0.39, 0.29) is 17.4 Å². The van der Waals surface area contributed by atoms with Gasteiger partial charge in [-0.1, -0.05) is 5.23 Å². The first-order chi connectivity index (χ1) is 3.13. The molecule has 0 rings (SSSR count). The molecule has 0 saturated heterocycles. The van der Waals surface area contributed by atoms with Crippen LogP contribution in [0.4, 0.5) is 0 Å². The average molecular weight is 137 g/mol. The fourth-order valence-electron chi connectivity index (χ4n) is 0.121. The largest absolute Gasteiger partial charge is 0.480 e. The van der Waals surface area contributed by atoms with E-state index in [0.29, 0.717) is 0 Å². The van der Waals surface area contributed by atoms with Crippen molar-refractivity contribution in [3.05, 3.63) is 0 Å². The molecule has 0 bridgehead atoms. The zero-order valence-electron chi connectivity index (χ0n) is 3.40. The quantitative estimate of drug-likeness (QED) is 0.302. The van der Waals surface area contributed by atoms with E-state index in [1.54, 1.807) is 0 Å². The van der Waals surface area contributed by atoms with Gasteiger partial charge in [-0.2, -0.15) is 0 Å². The average Bonchev–Trinajstić information content (AvgIpc) is 1.27. The summed E-state index contributed by atoms with van der Waals surface area (Å²) in [6.07, 6.45) is 0. The minimum Gasteiger partial charge on any atom is -0.480 e. The van der Waals surface area contributed by atoms with Gasteiger partial charge >= 0.3 is 5.97 Å². The molecule has 0 spiro atoms. The van der Waals surface area contributed by atoms with Gasteiger partial charge in [0.25, 0.3) is 0 Å². The Morgan fingerprint density at radius 1 is 1.50 bits per heavy atom. The third kappa shape index (κ3) is 9.30. The van der Waals surface area contributed by atoms with E-state index in [0.717, 1.165) is 0 Å². The summed E-state index contributed by atoms with van der Waals surface area (Å²) in [7, 11) is 0. The molecule has 0 amide bonds. The van der Waals surface area contributed by atoms with Gasteiger partial charge in [-0.05, 0) is 0 Å². The number of aliphatic carboxylic acids is 1. The van der Waals surface area contributed by atoms with Crippen LogP contribution in [0.1, 0.15) is 0 Å². The summed E-state index contributed by atoms with van der Waals surface area (Å²) in [6, 6.07) is 0. The Balaban J connectivity index is 0. The van der Waals surface area contributed by atoms with Crippen LogP contribution in [0.25, 0.3) is 0 Å². The first-order valence-corrected chi connectivity index (χ1v) is 1.50. The van der Waals surface area contributed by atoms with Gasteiger partial charge in [0.1, 0.15) is 6.54 Å². The molecule has 5 nitrogen and oxygen atoms in total. The van der Waals surface area contributed by atoms with Crippen molar-refractivity contribution in [1.82, 2.24) is 5.23 Å². The second-order valence-corrected chi connectivity index (χ2v) is 0.924. The number of carboxylic acid groups (broad SMARTS) is 1. The predicted octanol–water partition coefficient (Wildman–Crippen LogP) is -2.03. The number of carboxylic acids is 1. The summed E-state index contributed by atoms with van der Waals surface area (Å²) >= 11 is 0. The van der Waals surface area contributed by atoms with Crippen molar-refractivity contribution < 1.29 is 20.3 Å². The van der Waals surface area contributed by atoms with Gasteiger partial charge in [0.15, 0.2) is 17.4 Å². The zero-order valence-corrected chi connectivity index (χ0v) is 3.40. The normalized spacial score (nSPS) is 8.38. The van der Waals surface area contributed by atoms with Crippen LogP contribution in [0.5, 0.6) is 0 Å². The van der Waals surface area contributed by atoms with Crippen LogP contribution in [-0.4, -0.2) is 50.6 Å². The topological polar surface area (TPSA) is 81.0 Å². The molecular weight excluding hydrogens is 129 g/mol. The van der Waals surface area contributed by atoms with Crippen molar-refractivity contribution in [2.75, 3.05) is 6.54 Å². The lowest BCUT2D eigenvalue weighted by molar-refractivity contribution is -0.303. The second-order valence-electron chi connectivity index (χ2n) is 0.924. The lowest BCUT2D eigenvalue weighted by Gasteiger charge is -1.97. The lowest BCUT2D eigenvalue weighted by Crippen LogP contribution is -2.22. The van der Waals surface area contributed by atoms with Gasteiger partial charge < -0.3 is 5.11 Å². The summed E-state index contributed by atoms with van der Waals surface area (Å²) in [5.41, 5.74) is 0. The molecule has 0 heterocycles. The molecule has 0 aromatic rings. The minimum absolute atomic E-state index is 0. The third-order valence-corrected chi connectivity index (χ3v) is 0.277. The Morgan fingerprint density at radius 2 is 1.88 bits per heavy atom. The van der Waals surface area contributed by atoms with Crippen molar-refractivity contribution >= 4 is 23.3 Å². The van der Waals surface area contributed by atoms with Crippen LogP contribution in [0.2, 0.25) is 0 Å². The van der Waals surface area contributed by atoms with Crippen molar-refractivity contribution in [2.45, 2.75) is 0 Å². The summed E-state index contributed by atoms with van der Waals surface area (Å²) in [6.45, 7) is -0.778. The Hall–Kier alpha value is -0.118. The first-order valence-electron chi connectivity index (χ1n) is 1.50. The van der Waals surface area contributed by atoms with Crippen LogP contribution >= 0.6 is 0 Å². The molecule has 0 aliphatic carbocycles. The van der Waals surface area contributed by atoms with Crippen molar-refractivity contribution in [3.8, 4) is 0 Å². The van der Waals surface area contributed by atoms with Gasteiger partial charge in [-0.3, -0.25) is 15.2 Å². The van der Waals surface area contributed by atoms with E-state index in [9.17, 15) is 4.79 Å². The molecule has 48 valence electrons. The third-order valence-electron chi connectivity index (χ3n) is 0.277. The molecule has 0 fully saturated rings. The summed E-state index contributed by atoms with van der Waals surface area (Å²) < 4.78 is 0. The van der Waals surface area contributed by atoms with E-state index in [4.69, 9.17) is 15.5 Å². The van der Waals surface area contributed by atoms with Gasteiger partial charge in [0.2, 0.25) is 0 Å². The number of carbonyl (C=O) groups is 1. The van der Waals surface area contributed by atoms with Crippen LogP contribution < -0.4 is 0 Å². The maximum absolute atomic E-state index is 9.45. The Kier molecular flexibility index (Phi) is 6.78. The van der Waals surface area contributed by atoms with Crippen LogP contribution in [-0.2, 0) is 4.79 Å². The predicted molar refractivity (Wildman–Crippen MR) is 27.9 cm³/mol. The molecule has 0 atom stereocenters. The van der Waals surface area contributed by atoms with E-state index in [2.05, 4.69) is 0 Å². The molecule has 0 aromatic heterocycles. The maximum atomic E-state index is 9.45. The number of hydrogen-bond acceptors (Lipinski definition) is 4. The number of hydrogen-bond donors (Lipinski definition) is 3. The fourth-order valence-corrected chi connectivity index (χ4v) is 0.121. The van der Waals surface area contributed by atoms with Gasteiger partial charge in [-0.15, -0.1) is 0 Å². The van der Waals surface area contributed by atoms with E-state index in [1.807, 2.05) is 0 Å². The van der Waals surface area contributed by atoms with E-state index < -0.39 is 17.7 Å². The van der Waals surface area contributed by atoms with Gasteiger partial charge in [-0.25, -0.2) is 0 Å². The lowest BCUT2D eigenvalue weighted by atomic mass is 10.7. The Labute approximate surface area is 56.2 Å². The van der Waals surface area contributed by atoms with Gasteiger partial charge in [0, 0.05) is 0 Å². The molecule has 0 aromatic carbocycles. The van der Waals surface area contributed by atoms with E-state index >= 15 is 0 Å². The molecule has 6 heteroatoms.